The highest BCUT2D eigenvalue weighted by atomic mass is 32.2. The predicted octanol–water partition coefficient (Wildman–Crippen LogP) is 3.10. The van der Waals surface area contributed by atoms with Crippen molar-refractivity contribution in [2.24, 2.45) is 0 Å². The minimum absolute atomic E-state index is 0.134. The van der Waals surface area contributed by atoms with Crippen LogP contribution in [0.1, 0.15) is 4.88 Å². The highest BCUT2D eigenvalue weighted by Gasteiger charge is 2.23. The molecule has 6 rings (SSSR count). The van der Waals surface area contributed by atoms with Gasteiger partial charge in [0.2, 0.25) is 5.91 Å². The molecule has 0 bridgehead atoms. The molecule has 3 aromatic heterocycles. The van der Waals surface area contributed by atoms with Crippen LogP contribution in [0.3, 0.4) is 0 Å². The molecule has 5 heterocycles. The number of hydrogen-bond acceptors (Lipinski definition) is 10. The standard InChI is InChI=1S/C26H30N8O2S2/c1-2-23(35)27-17-37-34-8-6-32(7-9-34)16-18-14-22-24(38-18)26(33-10-12-36-13-11-33)30-25(29-22)19-4-3-5-21-20(19)15-28-31-21/h2-5,14-15H,1,6-13,16-17H2,(H,27,35)(H,28,31). The Balaban J connectivity index is 1.22. The molecule has 0 saturated carbocycles. The van der Waals surface area contributed by atoms with Crippen molar-refractivity contribution in [2.45, 2.75) is 6.54 Å². The maximum Gasteiger partial charge on any atom is 0.244 e. The maximum atomic E-state index is 11.4. The van der Waals surface area contributed by atoms with E-state index in [1.165, 1.54) is 11.0 Å². The summed E-state index contributed by atoms with van der Waals surface area (Å²) in [7, 11) is 0. The molecule has 0 radical (unpaired) electrons. The third-order valence-corrected chi connectivity index (χ3v) is 8.94. The molecule has 2 aliphatic rings. The van der Waals surface area contributed by atoms with Gasteiger partial charge in [0.1, 0.15) is 0 Å². The monoisotopic (exact) mass is 550 g/mol. The van der Waals surface area contributed by atoms with Crippen LogP contribution in [0.2, 0.25) is 0 Å². The van der Waals surface area contributed by atoms with Gasteiger partial charge in [-0.15, -0.1) is 11.3 Å². The fraction of sp³-hybridized carbons (Fsp3) is 0.385. The van der Waals surface area contributed by atoms with Gasteiger partial charge in [-0.05, 0) is 18.2 Å². The molecule has 2 fully saturated rings. The number of rotatable bonds is 8. The smallest absolute Gasteiger partial charge is 0.244 e. The van der Waals surface area contributed by atoms with Gasteiger partial charge in [0.15, 0.2) is 11.6 Å². The zero-order chi connectivity index (χ0) is 25.9. The lowest BCUT2D eigenvalue weighted by molar-refractivity contribution is -0.116. The third-order valence-electron chi connectivity index (χ3n) is 6.83. The number of H-pyrrole nitrogens is 1. The minimum atomic E-state index is -0.134. The molecule has 198 valence electrons. The predicted molar refractivity (Wildman–Crippen MR) is 153 cm³/mol. The van der Waals surface area contributed by atoms with E-state index in [2.05, 4.69) is 48.3 Å². The minimum Gasteiger partial charge on any atom is -0.378 e. The number of amides is 1. The normalized spacial score (nSPS) is 17.3. The number of nitrogens with one attached hydrogen (secondary N) is 2. The van der Waals surface area contributed by atoms with Gasteiger partial charge in [-0.3, -0.25) is 14.8 Å². The van der Waals surface area contributed by atoms with Crippen LogP contribution in [-0.2, 0) is 16.1 Å². The third kappa shape index (κ3) is 5.40. The highest BCUT2D eigenvalue weighted by Crippen LogP contribution is 2.36. The van der Waals surface area contributed by atoms with E-state index >= 15 is 0 Å². The van der Waals surface area contributed by atoms with Gasteiger partial charge in [0, 0.05) is 61.6 Å². The van der Waals surface area contributed by atoms with Crippen LogP contribution in [0.5, 0.6) is 0 Å². The summed E-state index contributed by atoms with van der Waals surface area (Å²) in [5.74, 6) is 2.15. The first kappa shape index (κ1) is 25.3. The number of fused-ring (bicyclic) bond motifs is 2. The van der Waals surface area contributed by atoms with E-state index in [9.17, 15) is 4.79 Å². The maximum absolute atomic E-state index is 11.4. The summed E-state index contributed by atoms with van der Waals surface area (Å²) in [6, 6.07) is 8.33. The van der Waals surface area contributed by atoms with Crippen molar-refractivity contribution in [3.8, 4) is 11.4 Å². The molecule has 0 unspecified atom stereocenters. The number of thiophene rings is 1. The first-order valence-electron chi connectivity index (χ1n) is 12.7. The lowest BCUT2D eigenvalue weighted by Crippen LogP contribution is -2.43. The van der Waals surface area contributed by atoms with E-state index in [0.29, 0.717) is 19.1 Å². The number of carbonyl (C=O) groups excluding carboxylic acids is 1. The van der Waals surface area contributed by atoms with Gasteiger partial charge < -0.3 is 15.0 Å². The summed E-state index contributed by atoms with van der Waals surface area (Å²) in [6.45, 7) is 11.3. The average Bonchev–Trinajstić information content (AvgIpc) is 3.60. The van der Waals surface area contributed by atoms with Crippen molar-refractivity contribution >= 4 is 56.1 Å². The molecule has 2 aliphatic heterocycles. The molecule has 4 aromatic rings. The Morgan fingerprint density at radius 2 is 2.03 bits per heavy atom. The fourth-order valence-electron chi connectivity index (χ4n) is 4.82. The summed E-state index contributed by atoms with van der Waals surface area (Å²) in [5.41, 5.74) is 2.95. The zero-order valence-electron chi connectivity index (χ0n) is 21.1. The number of aromatic nitrogens is 4. The lowest BCUT2D eigenvalue weighted by Gasteiger charge is -2.33. The van der Waals surface area contributed by atoms with Crippen LogP contribution in [0.4, 0.5) is 5.82 Å². The van der Waals surface area contributed by atoms with Gasteiger partial charge in [-0.1, -0.05) is 30.7 Å². The Hall–Kier alpha value is -3.03. The number of anilines is 1. The van der Waals surface area contributed by atoms with E-state index in [0.717, 1.165) is 84.1 Å². The second-order valence-corrected chi connectivity index (χ2v) is 11.5. The van der Waals surface area contributed by atoms with Gasteiger partial charge in [0.25, 0.3) is 0 Å². The van der Waals surface area contributed by atoms with Crippen LogP contribution in [0.15, 0.2) is 43.1 Å². The van der Waals surface area contributed by atoms with Crippen LogP contribution in [0.25, 0.3) is 32.5 Å². The summed E-state index contributed by atoms with van der Waals surface area (Å²) >= 11 is 3.46. The van der Waals surface area contributed by atoms with E-state index in [1.807, 2.05) is 18.3 Å². The Morgan fingerprint density at radius 3 is 2.84 bits per heavy atom. The van der Waals surface area contributed by atoms with Crippen molar-refractivity contribution in [3.63, 3.8) is 0 Å². The Bertz CT molecular complexity index is 1440. The zero-order valence-corrected chi connectivity index (χ0v) is 22.7. The Morgan fingerprint density at radius 1 is 1.18 bits per heavy atom. The van der Waals surface area contributed by atoms with Crippen molar-refractivity contribution in [1.29, 1.82) is 0 Å². The highest BCUT2D eigenvalue weighted by molar-refractivity contribution is 7.97. The van der Waals surface area contributed by atoms with E-state index in [-0.39, 0.29) is 5.91 Å². The second-order valence-electron chi connectivity index (χ2n) is 9.26. The number of ether oxygens (including phenoxy) is 1. The molecular formula is C26H30N8O2S2. The topological polar surface area (TPSA) is 103 Å². The fourth-order valence-corrected chi connectivity index (χ4v) is 6.79. The molecule has 10 nitrogen and oxygen atoms in total. The van der Waals surface area contributed by atoms with Crippen LogP contribution >= 0.6 is 23.3 Å². The summed E-state index contributed by atoms with van der Waals surface area (Å²) in [6.07, 6.45) is 3.15. The summed E-state index contributed by atoms with van der Waals surface area (Å²) in [4.78, 5) is 27.6. The second kappa shape index (κ2) is 11.4. The van der Waals surface area contributed by atoms with E-state index in [4.69, 9.17) is 14.7 Å². The van der Waals surface area contributed by atoms with Crippen molar-refractivity contribution in [1.82, 2.24) is 34.7 Å². The van der Waals surface area contributed by atoms with Gasteiger partial charge in [0.05, 0.1) is 41.0 Å². The SMILES string of the molecule is C=CC(=O)NCSN1CCN(Cc2cc3nc(-c4cccc5[nH]ncc45)nc(N4CCOCC4)c3s2)CC1. The molecule has 1 amide bonds. The lowest BCUT2D eigenvalue weighted by atomic mass is 10.1. The van der Waals surface area contributed by atoms with Gasteiger partial charge in [-0.2, -0.15) is 5.10 Å². The first-order chi connectivity index (χ1) is 18.7. The molecule has 38 heavy (non-hydrogen) atoms. The number of aromatic amines is 1. The molecule has 0 atom stereocenters. The van der Waals surface area contributed by atoms with Crippen molar-refractivity contribution in [2.75, 3.05) is 63.3 Å². The molecule has 1 aromatic carbocycles. The quantitative estimate of drug-likeness (QED) is 0.195. The number of piperazine rings is 1. The van der Waals surface area contributed by atoms with Gasteiger partial charge >= 0.3 is 0 Å². The van der Waals surface area contributed by atoms with Crippen molar-refractivity contribution < 1.29 is 9.53 Å². The number of nitrogens with zero attached hydrogens (tertiary/aromatic N) is 6. The molecule has 12 heteroatoms. The van der Waals surface area contributed by atoms with E-state index < -0.39 is 0 Å². The molecular weight excluding hydrogens is 520 g/mol. The summed E-state index contributed by atoms with van der Waals surface area (Å²) in [5, 5.41) is 11.1. The summed E-state index contributed by atoms with van der Waals surface area (Å²) < 4.78 is 9.07. The molecule has 0 aliphatic carbocycles. The number of morpholine rings is 1. The van der Waals surface area contributed by atoms with E-state index in [1.54, 1.807) is 23.3 Å². The number of carbonyl (C=O) groups is 1. The molecule has 0 spiro atoms. The Kier molecular flexibility index (Phi) is 7.56. The molecule has 2 N–H and O–H groups in total. The van der Waals surface area contributed by atoms with Crippen molar-refractivity contribution in [3.05, 3.63) is 48.0 Å². The van der Waals surface area contributed by atoms with Crippen LogP contribution in [-0.4, -0.2) is 93.6 Å². The average molecular weight is 551 g/mol. The molecule has 2 saturated heterocycles. The van der Waals surface area contributed by atoms with Crippen LogP contribution in [0, 0.1) is 0 Å². The van der Waals surface area contributed by atoms with Gasteiger partial charge in [-0.25, -0.2) is 14.3 Å². The number of hydrogen-bond donors (Lipinski definition) is 2. The van der Waals surface area contributed by atoms with Crippen LogP contribution < -0.4 is 10.2 Å². The first-order valence-corrected chi connectivity index (χ1v) is 14.5. The number of benzene rings is 1. The Labute approximate surface area is 229 Å². The largest absolute Gasteiger partial charge is 0.378 e.